The number of phenols is 1. The lowest BCUT2D eigenvalue weighted by molar-refractivity contribution is -0.132. The summed E-state index contributed by atoms with van der Waals surface area (Å²) in [5.74, 6) is 0.324. The van der Waals surface area contributed by atoms with E-state index in [1.165, 1.54) is 6.08 Å². The molecule has 0 aliphatic carbocycles. The predicted molar refractivity (Wildman–Crippen MR) is 119 cm³/mol. The van der Waals surface area contributed by atoms with E-state index in [4.69, 9.17) is 4.74 Å². The van der Waals surface area contributed by atoms with Gasteiger partial charge in [0.1, 0.15) is 11.5 Å². The molecular formula is C25H29NO4. The molecule has 5 heteroatoms. The molecule has 3 rings (SSSR count). The van der Waals surface area contributed by atoms with Gasteiger partial charge in [0.15, 0.2) is 11.4 Å². The van der Waals surface area contributed by atoms with Gasteiger partial charge in [0.2, 0.25) is 0 Å². The molecule has 0 bridgehead atoms. The molecule has 2 N–H and O–H groups in total. The minimum atomic E-state index is -1.07. The number of nitrogens with one attached hydrogen (secondary N) is 1. The second-order valence-electron chi connectivity index (χ2n) is 8.09. The third-order valence-electron chi connectivity index (χ3n) is 5.55. The van der Waals surface area contributed by atoms with Gasteiger partial charge in [-0.05, 0) is 49.6 Å². The lowest BCUT2D eigenvalue weighted by Crippen LogP contribution is -2.38. The summed E-state index contributed by atoms with van der Waals surface area (Å²) in [6.07, 6.45) is 4.82. The lowest BCUT2D eigenvalue weighted by atomic mass is 9.93. The number of benzene rings is 2. The Morgan fingerprint density at radius 1 is 1.20 bits per heavy atom. The van der Waals surface area contributed by atoms with E-state index in [1.54, 1.807) is 32.0 Å². The molecule has 158 valence electrons. The van der Waals surface area contributed by atoms with Crippen molar-refractivity contribution in [3.8, 4) is 22.6 Å². The zero-order valence-electron chi connectivity index (χ0n) is 17.9. The van der Waals surface area contributed by atoms with Crippen LogP contribution in [0.5, 0.6) is 11.5 Å². The Morgan fingerprint density at radius 2 is 1.93 bits per heavy atom. The molecule has 5 nitrogen and oxygen atoms in total. The lowest BCUT2D eigenvalue weighted by Gasteiger charge is -2.28. The molecule has 0 fully saturated rings. The number of rotatable bonds is 9. The zero-order valence-corrected chi connectivity index (χ0v) is 17.9. The van der Waals surface area contributed by atoms with E-state index in [0.29, 0.717) is 35.4 Å². The van der Waals surface area contributed by atoms with Crippen molar-refractivity contribution in [1.82, 2.24) is 5.32 Å². The molecule has 2 aromatic rings. The molecule has 0 spiro atoms. The van der Waals surface area contributed by atoms with Crippen molar-refractivity contribution >= 4 is 17.8 Å². The Bertz CT molecular complexity index is 991. The molecule has 0 aromatic heterocycles. The van der Waals surface area contributed by atoms with Gasteiger partial charge in [0.05, 0.1) is 5.56 Å². The standard InChI is InChI=1S/C25H29NO4/c1-5-7-8-12-22(28)25(3,4)30-23-16(6-2)21(27)14-13-18(23)17-10-9-11-19-20(17)15-26-24(19)29/h6,9-11,13-14,27H,2,5,7-8,12,15H2,1,3-4H3,(H,26,29). The SMILES string of the molecule is C=Cc1c(O)ccc(-c2cccc3c2CNC3=O)c1OC(C)(C)C(=O)CCCCC. The number of aromatic hydroxyl groups is 1. The summed E-state index contributed by atoms with van der Waals surface area (Å²) in [5, 5.41) is 13.3. The van der Waals surface area contributed by atoms with Gasteiger partial charge < -0.3 is 15.2 Å². The number of amides is 1. The van der Waals surface area contributed by atoms with Gasteiger partial charge in [-0.2, -0.15) is 0 Å². The van der Waals surface area contributed by atoms with Crippen LogP contribution < -0.4 is 10.1 Å². The number of hydrogen-bond acceptors (Lipinski definition) is 4. The molecule has 30 heavy (non-hydrogen) atoms. The van der Waals surface area contributed by atoms with Gasteiger partial charge in [0.25, 0.3) is 5.91 Å². The summed E-state index contributed by atoms with van der Waals surface area (Å²) in [7, 11) is 0. The maximum Gasteiger partial charge on any atom is 0.251 e. The molecule has 0 unspecified atom stereocenters. The topological polar surface area (TPSA) is 75.6 Å². The Morgan fingerprint density at radius 3 is 2.63 bits per heavy atom. The summed E-state index contributed by atoms with van der Waals surface area (Å²) in [4.78, 5) is 24.9. The van der Waals surface area contributed by atoms with Gasteiger partial charge in [0, 0.05) is 24.1 Å². The molecule has 0 atom stereocenters. The van der Waals surface area contributed by atoms with Crippen LogP contribution in [0, 0.1) is 0 Å². The number of fused-ring (bicyclic) bond motifs is 1. The molecule has 1 heterocycles. The first-order valence-corrected chi connectivity index (χ1v) is 10.4. The number of carbonyl (C=O) groups excluding carboxylic acids is 2. The van der Waals surface area contributed by atoms with Crippen LogP contribution in [0.1, 0.15) is 67.9 Å². The predicted octanol–water partition coefficient (Wildman–Crippen LogP) is 5.25. The van der Waals surface area contributed by atoms with Crippen molar-refractivity contribution in [3.05, 3.63) is 53.6 Å². The minimum absolute atomic E-state index is 0.00962. The number of ketones is 1. The van der Waals surface area contributed by atoms with Crippen LogP contribution in [0.3, 0.4) is 0 Å². The van der Waals surface area contributed by atoms with E-state index in [-0.39, 0.29) is 17.4 Å². The van der Waals surface area contributed by atoms with E-state index >= 15 is 0 Å². The van der Waals surface area contributed by atoms with Crippen LogP contribution in [-0.2, 0) is 11.3 Å². The summed E-state index contributed by atoms with van der Waals surface area (Å²) < 4.78 is 6.28. The molecule has 0 saturated carbocycles. The van der Waals surface area contributed by atoms with Crippen LogP contribution in [0.25, 0.3) is 17.2 Å². The molecule has 1 amide bonds. The second kappa shape index (κ2) is 8.74. The van der Waals surface area contributed by atoms with Gasteiger partial charge >= 0.3 is 0 Å². The van der Waals surface area contributed by atoms with E-state index < -0.39 is 5.60 Å². The fraction of sp³-hybridized carbons (Fsp3) is 0.360. The number of phenolic OH excluding ortho intramolecular Hbond substituents is 1. The van der Waals surface area contributed by atoms with Gasteiger partial charge in [-0.1, -0.05) is 44.6 Å². The molecule has 0 saturated heterocycles. The van der Waals surface area contributed by atoms with Gasteiger partial charge in [-0.3, -0.25) is 9.59 Å². The monoisotopic (exact) mass is 407 g/mol. The third-order valence-corrected chi connectivity index (χ3v) is 5.55. The number of hydrogen-bond donors (Lipinski definition) is 2. The number of carbonyl (C=O) groups is 2. The largest absolute Gasteiger partial charge is 0.507 e. The highest BCUT2D eigenvalue weighted by molar-refractivity contribution is 6.01. The molecule has 1 aliphatic rings. The summed E-state index contributed by atoms with van der Waals surface area (Å²) in [6.45, 7) is 9.84. The van der Waals surface area contributed by atoms with Crippen molar-refractivity contribution in [3.63, 3.8) is 0 Å². The van der Waals surface area contributed by atoms with Gasteiger partial charge in [-0.25, -0.2) is 0 Å². The Balaban J connectivity index is 2.07. The smallest absolute Gasteiger partial charge is 0.251 e. The van der Waals surface area contributed by atoms with Crippen molar-refractivity contribution < 1.29 is 19.4 Å². The molecule has 0 radical (unpaired) electrons. The third kappa shape index (κ3) is 4.11. The summed E-state index contributed by atoms with van der Waals surface area (Å²) in [5.41, 5.74) is 2.40. The maximum atomic E-state index is 12.8. The first kappa shape index (κ1) is 21.6. The average Bonchev–Trinajstić information content (AvgIpc) is 3.09. The summed E-state index contributed by atoms with van der Waals surface area (Å²) in [6, 6.07) is 8.87. The van der Waals surface area contributed by atoms with E-state index in [2.05, 4.69) is 18.8 Å². The number of unbranched alkanes of at least 4 members (excludes halogenated alkanes) is 2. The van der Waals surface area contributed by atoms with Crippen LogP contribution in [0.4, 0.5) is 0 Å². The molecule has 1 aliphatic heterocycles. The number of ether oxygens (including phenoxy) is 1. The van der Waals surface area contributed by atoms with Crippen LogP contribution in [0.2, 0.25) is 0 Å². The van der Waals surface area contributed by atoms with Crippen molar-refractivity contribution in [2.75, 3.05) is 0 Å². The van der Waals surface area contributed by atoms with Crippen LogP contribution in [0.15, 0.2) is 36.9 Å². The normalized spacial score (nSPS) is 13.0. The molecular weight excluding hydrogens is 378 g/mol. The van der Waals surface area contributed by atoms with Crippen molar-refractivity contribution in [2.45, 2.75) is 58.6 Å². The van der Waals surface area contributed by atoms with E-state index in [1.807, 2.05) is 12.1 Å². The highest BCUT2D eigenvalue weighted by Gasteiger charge is 2.32. The zero-order chi connectivity index (χ0) is 21.9. The number of Topliss-reactive ketones (excluding diaryl/α,β-unsaturated/α-hetero) is 1. The minimum Gasteiger partial charge on any atom is -0.507 e. The van der Waals surface area contributed by atoms with Crippen LogP contribution in [-0.4, -0.2) is 22.4 Å². The summed E-state index contributed by atoms with van der Waals surface area (Å²) >= 11 is 0. The van der Waals surface area contributed by atoms with E-state index in [0.717, 1.165) is 30.4 Å². The van der Waals surface area contributed by atoms with Crippen molar-refractivity contribution in [2.24, 2.45) is 0 Å². The van der Waals surface area contributed by atoms with Crippen molar-refractivity contribution in [1.29, 1.82) is 0 Å². The highest BCUT2D eigenvalue weighted by atomic mass is 16.5. The van der Waals surface area contributed by atoms with Gasteiger partial charge in [-0.15, -0.1) is 0 Å². The Labute approximate surface area is 177 Å². The molecule has 2 aromatic carbocycles. The first-order chi connectivity index (χ1) is 14.3. The Hall–Kier alpha value is -3.08. The first-order valence-electron chi connectivity index (χ1n) is 10.4. The fourth-order valence-electron chi connectivity index (χ4n) is 3.76. The maximum absolute atomic E-state index is 12.8. The van der Waals surface area contributed by atoms with E-state index in [9.17, 15) is 14.7 Å². The average molecular weight is 408 g/mol. The highest BCUT2D eigenvalue weighted by Crippen LogP contribution is 2.43. The second-order valence-corrected chi connectivity index (χ2v) is 8.09. The van der Waals surface area contributed by atoms with Crippen LogP contribution >= 0.6 is 0 Å². The Kier molecular flexibility index (Phi) is 6.30. The quantitative estimate of drug-likeness (QED) is 0.557. The fourth-order valence-corrected chi connectivity index (χ4v) is 3.76.